The van der Waals surface area contributed by atoms with E-state index in [1.165, 1.54) is 22.3 Å². The van der Waals surface area contributed by atoms with Crippen LogP contribution in [-0.2, 0) is 10.8 Å². The van der Waals surface area contributed by atoms with E-state index in [0.29, 0.717) is 0 Å². The summed E-state index contributed by atoms with van der Waals surface area (Å²) < 4.78 is 0. The topological polar surface area (TPSA) is 3.24 Å². The Morgan fingerprint density at radius 2 is 0.800 bits per heavy atom. The molecular weight excluding hydrogens is 422 g/mol. The first kappa shape index (κ1) is 24.5. The average molecular weight is 460 g/mol. The molecule has 0 heterocycles. The van der Waals surface area contributed by atoms with Gasteiger partial charge in [0, 0.05) is 17.1 Å². The first-order chi connectivity index (χ1) is 16.6. The number of rotatable bonds is 5. The molecule has 1 heteroatoms. The quantitative estimate of drug-likeness (QED) is 0.287. The number of nitrogens with zero attached hydrogens (tertiary/aromatic N) is 1. The molecule has 0 aliphatic rings. The van der Waals surface area contributed by atoms with Gasteiger partial charge in [-0.1, -0.05) is 115 Å². The minimum Gasteiger partial charge on any atom is -0.311 e. The molecule has 0 N–H and O–H groups in total. The van der Waals surface area contributed by atoms with E-state index in [4.69, 9.17) is 0 Å². The van der Waals surface area contributed by atoms with Crippen LogP contribution in [-0.4, -0.2) is 0 Å². The predicted octanol–water partition coefficient (Wildman–Crippen LogP) is 10.1. The normalized spacial score (nSPS) is 11.8. The maximum atomic E-state index is 3.85. The third-order valence-electron chi connectivity index (χ3n) is 6.59. The van der Waals surface area contributed by atoms with Crippen molar-refractivity contribution in [3.05, 3.63) is 120 Å². The molecule has 0 radical (unpaired) electrons. The second kappa shape index (κ2) is 9.58. The minimum absolute atomic E-state index is 0.126. The van der Waals surface area contributed by atoms with Gasteiger partial charge in [0.05, 0.1) is 0 Å². The van der Waals surface area contributed by atoms with Gasteiger partial charge in [-0.25, -0.2) is 0 Å². The molecule has 0 amide bonds. The lowest BCUT2D eigenvalue weighted by Gasteiger charge is -2.28. The second-order valence-electron chi connectivity index (χ2n) is 11.3. The summed E-state index contributed by atoms with van der Waals surface area (Å²) in [5.41, 5.74) is 9.92. The average Bonchev–Trinajstić information content (AvgIpc) is 2.84. The SMILES string of the molecule is C=Cc1ccc(-c2ccc(N(c3ccc(C(C)(C)C)cc3)c3ccc(C(C)(C)C)cc3)cc2)cc1. The fourth-order valence-electron chi connectivity index (χ4n) is 4.28. The van der Waals surface area contributed by atoms with Gasteiger partial charge >= 0.3 is 0 Å². The maximum absolute atomic E-state index is 3.85. The Morgan fingerprint density at radius 1 is 0.486 bits per heavy atom. The molecule has 0 saturated carbocycles. The lowest BCUT2D eigenvalue weighted by Crippen LogP contribution is -2.14. The van der Waals surface area contributed by atoms with Gasteiger partial charge in [0.15, 0.2) is 0 Å². The van der Waals surface area contributed by atoms with E-state index < -0.39 is 0 Å². The zero-order valence-corrected chi connectivity index (χ0v) is 22.0. The van der Waals surface area contributed by atoms with Crippen LogP contribution in [0.25, 0.3) is 17.2 Å². The highest BCUT2D eigenvalue weighted by atomic mass is 15.1. The van der Waals surface area contributed by atoms with Crippen LogP contribution in [0.15, 0.2) is 104 Å². The summed E-state index contributed by atoms with van der Waals surface area (Å²) in [5.74, 6) is 0. The minimum atomic E-state index is 0.126. The molecular formula is C34H37N. The fraction of sp³-hybridized carbons (Fsp3) is 0.235. The summed E-state index contributed by atoms with van der Waals surface area (Å²) in [6.45, 7) is 17.4. The molecule has 0 bridgehead atoms. The lowest BCUT2D eigenvalue weighted by atomic mass is 9.86. The molecule has 35 heavy (non-hydrogen) atoms. The van der Waals surface area contributed by atoms with E-state index in [0.717, 1.165) is 22.6 Å². The summed E-state index contributed by atoms with van der Waals surface area (Å²) >= 11 is 0. The van der Waals surface area contributed by atoms with Crippen molar-refractivity contribution < 1.29 is 0 Å². The zero-order chi connectivity index (χ0) is 25.2. The van der Waals surface area contributed by atoms with Gasteiger partial charge in [-0.15, -0.1) is 0 Å². The number of benzene rings is 4. The molecule has 0 unspecified atom stereocenters. The van der Waals surface area contributed by atoms with Crippen molar-refractivity contribution in [2.75, 3.05) is 4.90 Å². The highest BCUT2D eigenvalue weighted by Crippen LogP contribution is 2.37. The van der Waals surface area contributed by atoms with E-state index in [9.17, 15) is 0 Å². The van der Waals surface area contributed by atoms with Crippen LogP contribution in [0.5, 0.6) is 0 Å². The Bertz CT molecular complexity index is 1200. The highest BCUT2D eigenvalue weighted by molar-refractivity contribution is 5.78. The molecule has 0 aromatic heterocycles. The molecule has 1 nitrogen and oxygen atoms in total. The molecule has 0 aliphatic heterocycles. The number of hydrogen-bond donors (Lipinski definition) is 0. The van der Waals surface area contributed by atoms with Crippen LogP contribution in [0.4, 0.5) is 17.1 Å². The first-order valence-corrected chi connectivity index (χ1v) is 12.4. The van der Waals surface area contributed by atoms with Gasteiger partial charge in [-0.3, -0.25) is 0 Å². The molecule has 0 fully saturated rings. The van der Waals surface area contributed by atoms with Gasteiger partial charge in [-0.2, -0.15) is 0 Å². The van der Waals surface area contributed by atoms with Crippen LogP contribution in [0.2, 0.25) is 0 Å². The Kier molecular flexibility index (Phi) is 6.72. The Morgan fingerprint density at radius 3 is 1.11 bits per heavy atom. The Hall–Kier alpha value is -3.58. The van der Waals surface area contributed by atoms with Gasteiger partial charge in [0.1, 0.15) is 0 Å². The van der Waals surface area contributed by atoms with Crippen molar-refractivity contribution in [1.82, 2.24) is 0 Å². The lowest BCUT2D eigenvalue weighted by molar-refractivity contribution is 0.590. The summed E-state index contributed by atoms with van der Waals surface area (Å²) in [4.78, 5) is 2.34. The molecule has 4 rings (SSSR count). The van der Waals surface area contributed by atoms with E-state index in [1.54, 1.807) is 0 Å². The number of hydrogen-bond acceptors (Lipinski definition) is 1. The van der Waals surface area contributed by atoms with Crippen molar-refractivity contribution in [2.45, 2.75) is 52.4 Å². The molecule has 4 aromatic carbocycles. The van der Waals surface area contributed by atoms with Gasteiger partial charge < -0.3 is 4.90 Å². The van der Waals surface area contributed by atoms with Crippen molar-refractivity contribution in [3.8, 4) is 11.1 Å². The van der Waals surface area contributed by atoms with Gasteiger partial charge in [0.25, 0.3) is 0 Å². The Balaban J connectivity index is 1.74. The van der Waals surface area contributed by atoms with Crippen molar-refractivity contribution >= 4 is 23.1 Å². The maximum Gasteiger partial charge on any atom is 0.0462 e. The van der Waals surface area contributed by atoms with E-state index in [-0.39, 0.29) is 10.8 Å². The van der Waals surface area contributed by atoms with E-state index >= 15 is 0 Å². The fourth-order valence-corrected chi connectivity index (χ4v) is 4.28. The molecule has 178 valence electrons. The number of anilines is 3. The zero-order valence-electron chi connectivity index (χ0n) is 22.0. The molecule has 0 aliphatic carbocycles. The van der Waals surface area contributed by atoms with Gasteiger partial charge in [0.2, 0.25) is 0 Å². The highest BCUT2D eigenvalue weighted by Gasteiger charge is 2.18. The predicted molar refractivity (Wildman–Crippen MR) is 154 cm³/mol. The van der Waals surface area contributed by atoms with Crippen molar-refractivity contribution in [2.24, 2.45) is 0 Å². The standard InChI is InChI=1S/C34H37N/c1-8-25-9-11-26(12-10-25)27-13-19-30(20-14-27)35(31-21-15-28(16-22-31)33(2,3)4)32-23-17-29(18-24-32)34(5,6)7/h8-24H,1H2,2-7H3. The summed E-state index contributed by atoms with van der Waals surface area (Å²) in [6, 6.07) is 35.3. The smallest absolute Gasteiger partial charge is 0.0462 e. The second-order valence-corrected chi connectivity index (χ2v) is 11.3. The summed E-state index contributed by atoms with van der Waals surface area (Å²) in [7, 11) is 0. The van der Waals surface area contributed by atoms with Crippen LogP contribution in [0.1, 0.15) is 58.2 Å². The van der Waals surface area contributed by atoms with Crippen LogP contribution in [0, 0.1) is 0 Å². The first-order valence-electron chi connectivity index (χ1n) is 12.4. The third kappa shape index (κ3) is 5.57. The molecule has 0 saturated heterocycles. The van der Waals surface area contributed by atoms with Crippen molar-refractivity contribution in [3.63, 3.8) is 0 Å². The van der Waals surface area contributed by atoms with Crippen LogP contribution >= 0.6 is 0 Å². The molecule has 0 atom stereocenters. The largest absolute Gasteiger partial charge is 0.311 e. The van der Waals surface area contributed by atoms with E-state index in [2.05, 4.69) is 150 Å². The van der Waals surface area contributed by atoms with Crippen LogP contribution in [0.3, 0.4) is 0 Å². The van der Waals surface area contributed by atoms with Gasteiger partial charge in [-0.05, 0) is 75.0 Å². The summed E-state index contributed by atoms with van der Waals surface area (Å²) in [6.07, 6.45) is 1.88. The molecule has 0 spiro atoms. The van der Waals surface area contributed by atoms with Crippen LogP contribution < -0.4 is 4.90 Å². The van der Waals surface area contributed by atoms with E-state index in [1.807, 2.05) is 6.08 Å². The monoisotopic (exact) mass is 459 g/mol. The molecule has 4 aromatic rings. The van der Waals surface area contributed by atoms with Crippen molar-refractivity contribution in [1.29, 1.82) is 0 Å². The third-order valence-corrected chi connectivity index (χ3v) is 6.59. The summed E-state index contributed by atoms with van der Waals surface area (Å²) in [5, 5.41) is 0. The Labute approximate surface area is 211 Å².